The van der Waals surface area contributed by atoms with Crippen LogP contribution in [0.2, 0.25) is 0 Å². The van der Waals surface area contributed by atoms with Gasteiger partial charge in [-0.1, -0.05) is 0 Å². The van der Waals surface area contributed by atoms with E-state index >= 15 is 0 Å². The fourth-order valence-corrected chi connectivity index (χ4v) is 1.08. The minimum Gasteiger partial charge on any atom is -0.368 e. The van der Waals surface area contributed by atoms with Crippen molar-refractivity contribution >= 4 is 5.69 Å². The van der Waals surface area contributed by atoms with Crippen LogP contribution in [0.3, 0.4) is 0 Å². The Morgan fingerprint density at radius 2 is 2.08 bits per heavy atom. The number of hydrogen-bond acceptors (Lipinski definition) is 4. The summed E-state index contributed by atoms with van der Waals surface area (Å²) >= 11 is 0. The summed E-state index contributed by atoms with van der Waals surface area (Å²) in [5, 5.41) is 0. The van der Waals surface area contributed by atoms with Crippen molar-refractivity contribution in [1.29, 1.82) is 0 Å². The molecular formula is C8H14N4. The standard InChI is InChI=1S/C8H14N4/c1-2-12(4-3-9)8-5-10-7-11-6-8/h5-7H,2-4,9H2,1H3. The molecule has 12 heavy (non-hydrogen) atoms. The van der Waals surface area contributed by atoms with Crippen LogP contribution in [0.4, 0.5) is 5.69 Å². The Balaban J connectivity index is 2.66. The van der Waals surface area contributed by atoms with E-state index in [1.807, 2.05) is 0 Å². The van der Waals surface area contributed by atoms with E-state index in [0.29, 0.717) is 6.54 Å². The van der Waals surface area contributed by atoms with Gasteiger partial charge in [0.2, 0.25) is 0 Å². The Labute approximate surface area is 72.4 Å². The fourth-order valence-electron chi connectivity index (χ4n) is 1.08. The van der Waals surface area contributed by atoms with Crippen LogP contribution in [0.1, 0.15) is 6.92 Å². The second kappa shape index (κ2) is 4.66. The first-order chi connectivity index (χ1) is 5.88. The highest BCUT2D eigenvalue weighted by Gasteiger charge is 2.01. The molecule has 0 aromatic carbocycles. The number of nitrogens with two attached hydrogens (primary N) is 1. The summed E-state index contributed by atoms with van der Waals surface area (Å²) in [6.07, 6.45) is 5.12. The molecule has 0 aliphatic carbocycles. The van der Waals surface area contributed by atoms with Crippen molar-refractivity contribution in [3.8, 4) is 0 Å². The summed E-state index contributed by atoms with van der Waals surface area (Å²) in [5.41, 5.74) is 6.49. The molecule has 0 fully saturated rings. The lowest BCUT2D eigenvalue weighted by Gasteiger charge is -2.20. The van der Waals surface area contributed by atoms with Crippen LogP contribution in [0.25, 0.3) is 0 Å². The normalized spacial score (nSPS) is 9.83. The molecular weight excluding hydrogens is 152 g/mol. The van der Waals surface area contributed by atoms with Crippen molar-refractivity contribution in [2.45, 2.75) is 6.92 Å². The van der Waals surface area contributed by atoms with Gasteiger partial charge in [0.05, 0.1) is 18.1 Å². The summed E-state index contributed by atoms with van der Waals surface area (Å²) in [7, 11) is 0. The fraction of sp³-hybridized carbons (Fsp3) is 0.500. The van der Waals surface area contributed by atoms with Gasteiger partial charge in [0, 0.05) is 19.6 Å². The lowest BCUT2D eigenvalue weighted by Crippen LogP contribution is -2.29. The van der Waals surface area contributed by atoms with Crippen molar-refractivity contribution in [2.24, 2.45) is 5.73 Å². The molecule has 0 bridgehead atoms. The number of hydrogen-bond donors (Lipinski definition) is 1. The highest BCUT2D eigenvalue weighted by atomic mass is 15.1. The molecule has 2 N–H and O–H groups in total. The van der Waals surface area contributed by atoms with Gasteiger partial charge in [-0.05, 0) is 6.92 Å². The first kappa shape index (κ1) is 8.93. The van der Waals surface area contributed by atoms with Gasteiger partial charge in [0.1, 0.15) is 6.33 Å². The lowest BCUT2D eigenvalue weighted by atomic mass is 10.4. The zero-order valence-corrected chi connectivity index (χ0v) is 7.27. The van der Waals surface area contributed by atoms with Crippen LogP contribution in [-0.4, -0.2) is 29.6 Å². The van der Waals surface area contributed by atoms with Crippen LogP contribution in [-0.2, 0) is 0 Å². The van der Waals surface area contributed by atoms with E-state index in [2.05, 4.69) is 21.8 Å². The molecule has 0 spiro atoms. The lowest BCUT2D eigenvalue weighted by molar-refractivity contribution is 0.810. The smallest absolute Gasteiger partial charge is 0.115 e. The minimum absolute atomic E-state index is 0.655. The number of nitrogens with zero attached hydrogens (tertiary/aromatic N) is 3. The molecule has 0 amide bonds. The number of rotatable bonds is 4. The zero-order valence-electron chi connectivity index (χ0n) is 7.27. The maximum atomic E-state index is 5.46. The van der Waals surface area contributed by atoms with Gasteiger partial charge in [-0.25, -0.2) is 9.97 Å². The molecule has 0 radical (unpaired) electrons. The molecule has 4 heteroatoms. The average Bonchev–Trinajstić information content (AvgIpc) is 2.15. The third kappa shape index (κ3) is 2.17. The largest absolute Gasteiger partial charge is 0.368 e. The molecule has 4 nitrogen and oxygen atoms in total. The van der Waals surface area contributed by atoms with E-state index in [4.69, 9.17) is 5.73 Å². The van der Waals surface area contributed by atoms with Crippen LogP contribution >= 0.6 is 0 Å². The van der Waals surface area contributed by atoms with E-state index in [9.17, 15) is 0 Å². The number of anilines is 1. The van der Waals surface area contributed by atoms with Gasteiger partial charge in [-0.3, -0.25) is 0 Å². The third-order valence-corrected chi connectivity index (χ3v) is 1.69. The predicted molar refractivity (Wildman–Crippen MR) is 49.0 cm³/mol. The van der Waals surface area contributed by atoms with Crippen molar-refractivity contribution < 1.29 is 0 Å². The molecule has 1 heterocycles. The monoisotopic (exact) mass is 166 g/mol. The van der Waals surface area contributed by atoms with Crippen LogP contribution in [0, 0.1) is 0 Å². The summed E-state index contributed by atoms with van der Waals surface area (Å²) in [6, 6.07) is 0. The molecule has 66 valence electrons. The Morgan fingerprint density at radius 1 is 1.42 bits per heavy atom. The molecule has 0 atom stereocenters. The van der Waals surface area contributed by atoms with Gasteiger partial charge in [0.25, 0.3) is 0 Å². The van der Waals surface area contributed by atoms with Crippen molar-refractivity contribution in [3.63, 3.8) is 0 Å². The second-order valence-corrected chi connectivity index (χ2v) is 2.47. The van der Waals surface area contributed by atoms with Crippen LogP contribution < -0.4 is 10.6 Å². The quantitative estimate of drug-likeness (QED) is 0.697. The first-order valence-electron chi connectivity index (χ1n) is 4.08. The van der Waals surface area contributed by atoms with Crippen LogP contribution in [0.15, 0.2) is 18.7 Å². The molecule has 0 saturated heterocycles. The van der Waals surface area contributed by atoms with E-state index in [1.165, 1.54) is 6.33 Å². The van der Waals surface area contributed by atoms with E-state index in [0.717, 1.165) is 18.8 Å². The predicted octanol–water partition coefficient (Wildman–Crippen LogP) is 0.262. The highest BCUT2D eigenvalue weighted by molar-refractivity contribution is 5.40. The first-order valence-corrected chi connectivity index (χ1v) is 4.08. The average molecular weight is 166 g/mol. The summed E-state index contributed by atoms with van der Waals surface area (Å²) < 4.78 is 0. The van der Waals surface area contributed by atoms with Crippen molar-refractivity contribution in [1.82, 2.24) is 9.97 Å². The van der Waals surface area contributed by atoms with Crippen molar-refractivity contribution in [2.75, 3.05) is 24.5 Å². The van der Waals surface area contributed by atoms with E-state index in [-0.39, 0.29) is 0 Å². The number of likely N-dealkylation sites (N-methyl/N-ethyl adjacent to an activating group) is 1. The molecule has 1 aromatic heterocycles. The Morgan fingerprint density at radius 3 is 2.58 bits per heavy atom. The molecule has 0 aliphatic rings. The van der Waals surface area contributed by atoms with Crippen molar-refractivity contribution in [3.05, 3.63) is 18.7 Å². The molecule has 0 aliphatic heterocycles. The minimum atomic E-state index is 0.655. The maximum Gasteiger partial charge on any atom is 0.115 e. The number of aromatic nitrogens is 2. The van der Waals surface area contributed by atoms with Gasteiger partial charge >= 0.3 is 0 Å². The van der Waals surface area contributed by atoms with Gasteiger partial charge in [-0.2, -0.15) is 0 Å². The second-order valence-electron chi connectivity index (χ2n) is 2.47. The SMILES string of the molecule is CCN(CCN)c1cncnc1. The molecule has 0 unspecified atom stereocenters. The Hall–Kier alpha value is -1.16. The molecule has 0 saturated carbocycles. The zero-order chi connectivity index (χ0) is 8.81. The molecule has 1 rings (SSSR count). The van der Waals surface area contributed by atoms with Crippen LogP contribution in [0.5, 0.6) is 0 Å². The topological polar surface area (TPSA) is 55.0 Å². The molecule has 1 aromatic rings. The maximum absolute atomic E-state index is 5.46. The van der Waals surface area contributed by atoms with Gasteiger partial charge in [0.15, 0.2) is 0 Å². The Kier molecular flexibility index (Phi) is 3.47. The van der Waals surface area contributed by atoms with E-state index in [1.54, 1.807) is 12.4 Å². The van der Waals surface area contributed by atoms with E-state index < -0.39 is 0 Å². The van der Waals surface area contributed by atoms with Gasteiger partial charge in [-0.15, -0.1) is 0 Å². The summed E-state index contributed by atoms with van der Waals surface area (Å²) in [6.45, 7) is 4.53. The third-order valence-electron chi connectivity index (χ3n) is 1.69. The Bertz CT molecular complexity index is 212. The summed E-state index contributed by atoms with van der Waals surface area (Å²) in [5.74, 6) is 0. The highest BCUT2D eigenvalue weighted by Crippen LogP contribution is 2.07. The summed E-state index contributed by atoms with van der Waals surface area (Å²) in [4.78, 5) is 10.0. The van der Waals surface area contributed by atoms with Gasteiger partial charge < -0.3 is 10.6 Å².